The minimum absolute atomic E-state index is 0.00925. The summed E-state index contributed by atoms with van der Waals surface area (Å²) in [6.45, 7) is 0. The third-order valence-electron chi connectivity index (χ3n) is 3.84. The second-order valence-electron chi connectivity index (χ2n) is 5.80. The smallest absolute Gasteiger partial charge is 0.416 e. The van der Waals surface area contributed by atoms with E-state index in [0.717, 1.165) is 44.6 Å². The van der Waals surface area contributed by atoms with Crippen molar-refractivity contribution in [2.45, 2.75) is 6.18 Å². The molecule has 2 aromatic rings. The first kappa shape index (κ1) is 23.0. The molecule has 0 aliphatic heterocycles. The monoisotopic (exact) mass is 441 g/mol. The topological polar surface area (TPSA) is 81.7 Å². The van der Waals surface area contributed by atoms with Gasteiger partial charge < -0.3 is 14.8 Å². The first-order valence-electron chi connectivity index (χ1n) is 8.23. The standard InChI is InChI=1S/C20H15ClF3NO5/c1-29-18(27)12-3-6-14(19(28)30-2)16(10-12)25-17(26)8-4-11-9-13(20(22,23)24)5-7-15(11)21/h3-10H,1-2H3,(H,25,26)/b8-4+. The van der Waals surface area contributed by atoms with Crippen molar-refractivity contribution in [1.29, 1.82) is 0 Å². The molecule has 0 heterocycles. The molecule has 2 rings (SSSR count). The summed E-state index contributed by atoms with van der Waals surface area (Å²) in [5.74, 6) is -2.25. The summed E-state index contributed by atoms with van der Waals surface area (Å²) in [4.78, 5) is 35.8. The van der Waals surface area contributed by atoms with E-state index in [1.54, 1.807) is 0 Å². The Kier molecular flexibility index (Phi) is 7.23. The zero-order valence-corrected chi connectivity index (χ0v) is 16.4. The molecule has 0 atom stereocenters. The maximum atomic E-state index is 12.8. The molecule has 1 amide bonds. The molecule has 2 aromatic carbocycles. The van der Waals surface area contributed by atoms with E-state index in [-0.39, 0.29) is 27.4 Å². The molecule has 0 fully saturated rings. The molecule has 1 N–H and O–H groups in total. The number of carbonyl (C=O) groups is 3. The van der Waals surface area contributed by atoms with Gasteiger partial charge in [0.15, 0.2) is 0 Å². The van der Waals surface area contributed by atoms with Crippen LogP contribution in [0.1, 0.15) is 31.8 Å². The number of carbonyl (C=O) groups excluding carboxylic acids is 3. The van der Waals surface area contributed by atoms with Crippen LogP contribution in [0.5, 0.6) is 0 Å². The first-order valence-corrected chi connectivity index (χ1v) is 8.61. The van der Waals surface area contributed by atoms with E-state index in [0.29, 0.717) is 0 Å². The number of halogens is 4. The number of esters is 2. The van der Waals surface area contributed by atoms with Gasteiger partial charge in [0, 0.05) is 11.1 Å². The van der Waals surface area contributed by atoms with Gasteiger partial charge in [0.25, 0.3) is 0 Å². The van der Waals surface area contributed by atoms with Crippen LogP contribution < -0.4 is 5.32 Å². The van der Waals surface area contributed by atoms with Gasteiger partial charge in [-0.2, -0.15) is 13.2 Å². The number of anilines is 1. The molecular formula is C20H15ClF3NO5. The summed E-state index contributed by atoms with van der Waals surface area (Å²) >= 11 is 5.88. The third-order valence-corrected chi connectivity index (χ3v) is 4.19. The predicted octanol–water partition coefficient (Wildman–Crippen LogP) is 4.58. The van der Waals surface area contributed by atoms with E-state index in [2.05, 4.69) is 14.8 Å². The van der Waals surface area contributed by atoms with Crippen LogP contribution in [0.2, 0.25) is 5.02 Å². The van der Waals surface area contributed by atoms with Crippen LogP contribution in [0.25, 0.3) is 6.08 Å². The van der Waals surface area contributed by atoms with Crippen LogP contribution in [0.3, 0.4) is 0 Å². The summed E-state index contributed by atoms with van der Waals surface area (Å²) < 4.78 is 47.8. The van der Waals surface area contributed by atoms with Crippen LogP contribution in [0, 0.1) is 0 Å². The van der Waals surface area contributed by atoms with E-state index in [1.807, 2.05) is 0 Å². The summed E-state index contributed by atoms with van der Waals surface area (Å²) in [5.41, 5.74) is -0.979. The van der Waals surface area contributed by atoms with Gasteiger partial charge in [-0.05, 0) is 48.0 Å². The quantitative estimate of drug-likeness (QED) is 0.542. The fraction of sp³-hybridized carbons (Fsp3) is 0.150. The summed E-state index contributed by atoms with van der Waals surface area (Å²) in [5, 5.41) is 2.39. The second-order valence-corrected chi connectivity index (χ2v) is 6.21. The highest BCUT2D eigenvalue weighted by Gasteiger charge is 2.30. The van der Waals surface area contributed by atoms with E-state index < -0.39 is 29.6 Å². The molecule has 0 bridgehead atoms. The Morgan fingerprint density at radius 3 is 2.27 bits per heavy atom. The molecule has 0 aliphatic rings. The van der Waals surface area contributed by atoms with Gasteiger partial charge in [0.2, 0.25) is 5.91 Å². The molecule has 0 aromatic heterocycles. The molecule has 10 heteroatoms. The fourth-order valence-electron chi connectivity index (χ4n) is 2.37. The van der Waals surface area contributed by atoms with Crippen molar-refractivity contribution in [3.8, 4) is 0 Å². The number of methoxy groups -OCH3 is 2. The lowest BCUT2D eigenvalue weighted by atomic mass is 10.1. The Balaban J connectivity index is 2.31. The number of benzene rings is 2. The maximum absolute atomic E-state index is 12.8. The summed E-state index contributed by atoms with van der Waals surface area (Å²) in [6, 6.07) is 6.47. The number of ether oxygens (including phenoxy) is 2. The number of nitrogens with one attached hydrogen (secondary N) is 1. The predicted molar refractivity (Wildman–Crippen MR) is 103 cm³/mol. The van der Waals surface area contributed by atoms with E-state index in [4.69, 9.17) is 11.6 Å². The number of amides is 1. The van der Waals surface area contributed by atoms with Crippen molar-refractivity contribution >= 4 is 41.2 Å². The SMILES string of the molecule is COC(=O)c1ccc(C(=O)OC)c(NC(=O)/C=C/c2cc(C(F)(F)F)ccc2Cl)c1. The molecule has 0 saturated carbocycles. The maximum Gasteiger partial charge on any atom is 0.416 e. The van der Waals surface area contributed by atoms with Gasteiger partial charge in [0.05, 0.1) is 36.6 Å². The Labute approximate surface area is 174 Å². The van der Waals surface area contributed by atoms with Gasteiger partial charge in [-0.25, -0.2) is 9.59 Å². The summed E-state index contributed by atoms with van der Waals surface area (Å²) in [6.07, 6.45) is -2.54. The van der Waals surface area contributed by atoms with E-state index in [1.165, 1.54) is 18.2 Å². The van der Waals surface area contributed by atoms with Crippen LogP contribution in [0.15, 0.2) is 42.5 Å². The normalized spacial score (nSPS) is 11.3. The van der Waals surface area contributed by atoms with Crippen molar-refractivity contribution < 1.29 is 37.0 Å². The van der Waals surface area contributed by atoms with Crippen LogP contribution in [-0.2, 0) is 20.4 Å². The van der Waals surface area contributed by atoms with Crippen molar-refractivity contribution in [2.24, 2.45) is 0 Å². The lowest BCUT2D eigenvalue weighted by molar-refractivity contribution is -0.137. The molecule has 30 heavy (non-hydrogen) atoms. The highest BCUT2D eigenvalue weighted by molar-refractivity contribution is 6.32. The van der Waals surface area contributed by atoms with Gasteiger partial charge in [-0.15, -0.1) is 0 Å². The van der Waals surface area contributed by atoms with E-state index >= 15 is 0 Å². The number of hydrogen-bond acceptors (Lipinski definition) is 5. The molecular weight excluding hydrogens is 427 g/mol. The lowest BCUT2D eigenvalue weighted by Crippen LogP contribution is -2.14. The van der Waals surface area contributed by atoms with Gasteiger partial charge >= 0.3 is 18.1 Å². The Bertz CT molecular complexity index is 1020. The van der Waals surface area contributed by atoms with Crippen LogP contribution >= 0.6 is 11.6 Å². The highest BCUT2D eigenvalue weighted by atomic mass is 35.5. The zero-order valence-electron chi connectivity index (χ0n) is 15.7. The van der Waals surface area contributed by atoms with Gasteiger partial charge in [-0.1, -0.05) is 11.6 Å². The van der Waals surface area contributed by atoms with Gasteiger partial charge in [-0.3, -0.25) is 4.79 Å². The summed E-state index contributed by atoms with van der Waals surface area (Å²) in [7, 11) is 2.30. The Hall–Kier alpha value is -3.33. The Morgan fingerprint density at radius 1 is 1.00 bits per heavy atom. The number of rotatable bonds is 5. The molecule has 0 unspecified atom stereocenters. The highest BCUT2D eigenvalue weighted by Crippen LogP contribution is 2.32. The first-order chi connectivity index (χ1) is 14.1. The molecule has 0 saturated heterocycles. The molecule has 0 spiro atoms. The molecule has 158 valence electrons. The van der Waals surface area contributed by atoms with Crippen LogP contribution in [-0.4, -0.2) is 32.1 Å². The number of hydrogen-bond donors (Lipinski definition) is 1. The molecule has 0 radical (unpaired) electrons. The minimum Gasteiger partial charge on any atom is -0.465 e. The molecule has 6 nitrogen and oxygen atoms in total. The fourth-order valence-corrected chi connectivity index (χ4v) is 2.55. The number of alkyl halides is 3. The lowest BCUT2D eigenvalue weighted by Gasteiger charge is -2.10. The molecule has 0 aliphatic carbocycles. The second kappa shape index (κ2) is 9.45. The van der Waals surface area contributed by atoms with Crippen molar-refractivity contribution in [3.63, 3.8) is 0 Å². The Morgan fingerprint density at radius 2 is 1.67 bits per heavy atom. The van der Waals surface area contributed by atoms with Crippen molar-refractivity contribution in [3.05, 3.63) is 69.8 Å². The average Bonchev–Trinajstić information content (AvgIpc) is 2.71. The van der Waals surface area contributed by atoms with Crippen molar-refractivity contribution in [2.75, 3.05) is 19.5 Å². The average molecular weight is 442 g/mol. The zero-order chi connectivity index (χ0) is 22.5. The van der Waals surface area contributed by atoms with Crippen molar-refractivity contribution in [1.82, 2.24) is 0 Å². The largest absolute Gasteiger partial charge is 0.465 e. The van der Waals surface area contributed by atoms with E-state index in [9.17, 15) is 27.6 Å². The minimum atomic E-state index is -4.57. The van der Waals surface area contributed by atoms with Crippen LogP contribution in [0.4, 0.5) is 18.9 Å². The van der Waals surface area contributed by atoms with Gasteiger partial charge in [0.1, 0.15) is 0 Å². The third kappa shape index (κ3) is 5.60.